The zero-order valence-corrected chi connectivity index (χ0v) is 24.7. The number of likely N-dealkylation sites (N-methyl/N-ethyl adjacent to an activating group) is 1. The highest BCUT2D eigenvalue weighted by molar-refractivity contribution is 14.1. The normalized spacial score (nSPS) is 15.5. The average molecular weight is 669 g/mol. The molecular weight excluding hydrogens is 646 g/mol. The summed E-state index contributed by atoms with van der Waals surface area (Å²) >= 11 is 15.8. The topological polar surface area (TPSA) is 60.4 Å². The van der Waals surface area contributed by atoms with E-state index in [0.717, 1.165) is 26.1 Å². The summed E-state index contributed by atoms with van der Waals surface area (Å²) in [6.07, 6.45) is 1.84. The number of benzene rings is 3. The molecule has 10 heteroatoms. The van der Waals surface area contributed by atoms with E-state index in [4.69, 9.17) is 37.4 Å². The molecule has 0 radical (unpaired) electrons. The lowest BCUT2D eigenvalue weighted by Gasteiger charge is -2.14. The van der Waals surface area contributed by atoms with Crippen molar-refractivity contribution in [2.24, 2.45) is 4.99 Å². The predicted octanol–water partition coefficient (Wildman–Crippen LogP) is 7.82. The zero-order valence-electron chi connectivity index (χ0n) is 20.3. The lowest BCUT2D eigenvalue weighted by Crippen LogP contribution is -2.28. The second-order valence-corrected chi connectivity index (χ2v) is 10.8. The molecule has 3 aromatic rings. The molecule has 0 unspecified atom stereocenters. The number of amides is 1. The molecule has 4 rings (SSSR count). The first kappa shape index (κ1) is 27.6. The first-order chi connectivity index (χ1) is 17.8. The van der Waals surface area contributed by atoms with Gasteiger partial charge >= 0.3 is 0 Å². The number of nitrogens with zero attached hydrogens (tertiary/aromatic N) is 2. The van der Waals surface area contributed by atoms with Crippen molar-refractivity contribution in [1.29, 1.82) is 0 Å². The lowest BCUT2D eigenvalue weighted by molar-refractivity contribution is -0.122. The van der Waals surface area contributed by atoms with Crippen LogP contribution in [0.3, 0.4) is 0 Å². The van der Waals surface area contributed by atoms with Gasteiger partial charge in [-0.05, 0) is 101 Å². The second kappa shape index (κ2) is 12.4. The van der Waals surface area contributed by atoms with Gasteiger partial charge in [-0.15, -0.1) is 0 Å². The largest absolute Gasteiger partial charge is 0.497 e. The number of hydrogen-bond donors (Lipinski definition) is 0. The van der Waals surface area contributed by atoms with Gasteiger partial charge in [-0.25, -0.2) is 4.99 Å². The molecule has 37 heavy (non-hydrogen) atoms. The number of aliphatic imine (C=N–C) groups is 1. The number of carbonyl (C=O) groups excluding carboxylic acids is 1. The maximum atomic E-state index is 13.1. The second-order valence-electron chi connectivity index (χ2n) is 7.81. The smallest absolute Gasteiger partial charge is 0.266 e. The summed E-state index contributed by atoms with van der Waals surface area (Å²) in [7, 11) is 3.20. The van der Waals surface area contributed by atoms with Crippen LogP contribution >= 0.6 is 57.6 Å². The molecule has 0 spiro atoms. The van der Waals surface area contributed by atoms with Gasteiger partial charge in [-0.1, -0.05) is 29.3 Å². The van der Waals surface area contributed by atoms with Crippen LogP contribution in [0.25, 0.3) is 6.08 Å². The van der Waals surface area contributed by atoms with Crippen LogP contribution in [-0.4, -0.2) is 36.7 Å². The fourth-order valence-electron chi connectivity index (χ4n) is 3.54. The molecule has 1 aliphatic heterocycles. The Morgan fingerprint density at radius 1 is 1.05 bits per heavy atom. The van der Waals surface area contributed by atoms with Crippen molar-refractivity contribution in [2.75, 3.05) is 20.8 Å². The van der Waals surface area contributed by atoms with Gasteiger partial charge in [0.15, 0.2) is 16.7 Å². The highest BCUT2D eigenvalue weighted by Crippen LogP contribution is 2.38. The number of halogens is 3. The minimum absolute atomic E-state index is 0.0913. The number of thioether (sulfide) groups is 1. The first-order valence-corrected chi connectivity index (χ1v) is 13.9. The van der Waals surface area contributed by atoms with E-state index in [-0.39, 0.29) is 12.5 Å². The Morgan fingerprint density at radius 3 is 2.46 bits per heavy atom. The molecule has 1 saturated heterocycles. The molecule has 0 aromatic heterocycles. The van der Waals surface area contributed by atoms with Gasteiger partial charge in [0.2, 0.25) is 0 Å². The highest BCUT2D eigenvalue weighted by atomic mass is 127. The molecule has 0 atom stereocenters. The number of ether oxygens (including phenoxy) is 3. The van der Waals surface area contributed by atoms with Gasteiger partial charge in [-0.3, -0.25) is 9.69 Å². The van der Waals surface area contributed by atoms with Crippen molar-refractivity contribution >= 4 is 80.4 Å². The van der Waals surface area contributed by atoms with Crippen LogP contribution in [0.15, 0.2) is 64.5 Å². The molecule has 0 aliphatic carbocycles. The number of hydrogen-bond acceptors (Lipinski definition) is 6. The Bertz CT molecular complexity index is 1380. The molecule has 1 fully saturated rings. The summed E-state index contributed by atoms with van der Waals surface area (Å²) in [5.74, 6) is 1.81. The van der Waals surface area contributed by atoms with Gasteiger partial charge in [0.1, 0.15) is 12.4 Å². The van der Waals surface area contributed by atoms with Gasteiger partial charge in [0.25, 0.3) is 5.91 Å². The molecule has 1 heterocycles. The van der Waals surface area contributed by atoms with Crippen LogP contribution < -0.4 is 14.2 Å². The molecule has 1 amide bonds. The summed E-state index contributed by atoms with van der Waals surface area (Å²) in [6, 6.07) is 16.5. The third kappa shape index (κ3) is 6.54. The fourth-order valence-corrected chi connectivity index (χ4v) is 5.85. The summed E-state index contributed by atoms with van der Waals surface area (Å²) in [6.45, 7) is 2.70. The SMILES string of the molecule is CCN1C(=O)/C(=C\c2cc(I)c(OCc3ccc(Cl)cc3Cl)c(OC)c2)SC1=Nc1ccc(OC)cc1. The highest BCUT2D eigenvalue weighted by Gasteiger charge is 2.32. The van der Waals surface area contributed by atoms with Crippen LogP contribution in [0.5, 0.6) is 17.2 Å². The summed E-state index contributed by atoms with van der Waals surface area (Å²) < 4.78 is 17.7. The fraction of sp³-hybridized carbons (Fsp3) is 0.185. The molecular formula is C27H23Cl2IN2O4S. The van der Waals surface area contributed by atoms with Crippen molar-refractivity contribution in [3.05, 3.63) is 84.2 Å². The summed E-state index contributed by atoms with van der Waals surface area (Å²) in [5, 5.41) is 1.73. The Morgan fingerprint density at radius 2 is 1.81 bits per heavy atom. The van der Waals surface area contributed by atoms with Gasteiger partial charge in [0.05, 0.1) is 28.4 Å². The monoisotopic (exact) mass is 668 g/mol. The van der Waals surface area contributed by atoms with E-state index in [1.807, 2.05) is 55.5 Å². The van der Waals surface area contributed by atoms with Crippen molar-refractivity contribution in [2.45, 2.75) is 13.5 Å². The third-order valence-corrected chi connectivity index (χ3v) is 7.83. The van der Waals surface area contributed by atoms with Crippen LogP contribution in [-0.2, 0) is 11.4 Å². The van der Waals surface area contributed by atoms with Gasteiger partial charge in [-0.2, -0.15) is 0 Å². The van der Waals surface area contributed by atoms with Crippen molar-refractivity contribution < 1.29 is 19.0 Å². The van der Waals surface area contributed by atoms with Crippen LogP contribution in [0, 0.1) is 3.57 Å². The van der Waals surface area contributed by atoms with Crippen molar-refractivity contribution in [3.63, 3.8) is 0 Å². The Balaban J connectivity index is 1.58. The van der Waals surface area contributed by atoms with E-state index in [9.17, 15) is 4.79 Å². The summed E-state index contributed by atoms with van der Waals surface area (Å²) in [4.78, 5) is 20.0. The number of amidine groups is 1. The average Bonchev–Trinajstić information content (AvgIpc) is 3.17. The van der Waals surface area contributed by atoms with Crippen LogP contribution in [0.2, 0.25) is 10.0 Å². The van der Waals surface area contributed by atoms with Gasteiger partial charge in [0, 0.05) is 22.2 Å². The maximum absolute atomic E-state index is 13.1. The molecule has 3 aromatic carbocycles. The molecule has 6 nitrogen and oxygen atoms in total. The Labute approximate surface area is 243 Å². The Hall–Kier alpha value is -2.40. The molecule has 1 aliphatic rings. The maximum Gasteiger partial charge on any atom is 0.266 e. The van der Waals surface area contributed by atoms with E-state index in [0.29, 0.717) is 38.2 Å². The minimum atomic E-state index is -0.0913. The number of rotatable bonds is 8. The number of methoxy groups -OCH3 is 2. The summed E-state index contributed by atoms with van der Waals surface area (Å²) in [5.41, 5.74) is 2.37. The first-order valence-electron chi connectivity index (χ1n) is 11.2. The third-order valence-electron chi connectivity index (χ3n) is 5.44. The molecule has 0 N–H and O–H groups in total. The van der Waals surface area contributed by atoms with E-state index >= 15 is 0 Å². The molecule has 192 valence electrons. The van der Waals surface area contributed by atoms with Crippen LogP contribution in [0.1, 0.15) is 18.1 Å². The Kier molecular flexibility index (Phi) is 9.28. The standard InChI is InChI=1S/C27H23Cl2IN2O4S/c1-4-32-26(33)24(37-27(32)31-19-7-9-20(34-2)10-8-19)13-16-11-22(30)25(23(12-16)35-3)36-15-17-5-6-18(28)14-21(17)29/h5-14H,4,15H2,1-3H3/b24-13+,31-27?. The van der Waals surface area contributed by atoms with Crippen molar-refractivity contribution in [3.8, 4) is 17.2 Å². The molecule has 0 saturated carbocycles. The minimum Gasteiger partial charge on any atom is -0.497 e. The quantitative estimate of drug-likeness (QED) is 0.181. The van der Waals surface area contributed by atoms with E-state index in [1.165, 1.54) is 11.8 Å². The predicted molar refractivity (Wildman–Crippen MR) is 160 cm³/mol. The van der Waals surface area contributed by atoms with Gasteiger partial charge < -0.3 is 14.2 Å². The van der Waals surface area contributed by atoms with Crippen molar-refractivity contribution in [1.82, 2.24) is 4.90 Å². The van der Waals surface area contributed by atoms with Crippen LogP contribution in [0.4, 0.5) is 5.69 Å². The number of carbonyl (C=O) groups is 1. The molecule has 0 bridgehead atoms. The van der Waals surface area contributed by atoms with E-state index in [1.54, 1.807) is 31.3 Å². The van der Waals surface area contributed by atoms with E-state index in [2.05, 4.69) is 27.6 Å². The van der Waals surface area contributed by atoms with E-state index < -0.39 is 0 Å². The zero-order chi connectivity index (χ0) is 26.5. The lowest BCUT2D eigenvalue weighted by atomic mass is 10.1.